The van der Waals surface area contributed by atoms with Crippen LogP contribution in [-0.2, 0) is 27.2 Å². The molecule has 0 bridgehead atoms. The maximum absolute atomic E-state index is 11.9. The molecular formula is C20H32N4O3. The van der Waals surface area contributed by atoms with Crippen LogP contribution >= 0.6 is 0 Å². The second-order valence-corrected chi connectivity index (χ2v) is 7.99. The van der Waals surface area contributed by atoms with E-state index in [1.807, 2.05) is 0 Å². The fourth-order valence-corrected chi connectivity index (χ4v) is 2.90. The summed E-state index contributed by atoms with van der Waals surface area (Å²) >= 11 is 0. The van der Waals surface area contributed by atoms with Gasteiger partial charge in [0.1, 0.15) is 17.5 Å². The Bertz CT molecular complexity index is 655. The van der Waals surface area contributed by atoms with Gasteiger partial charge in [0.2, 0.25) is 5.91 Å². The van der Waals surface area contributed by atoms with Gasteiger partial charge in [0.25, 0.3) is 0 Å². The van der Waals surface area contributed by atoms with Crippen molar-refractivity contribution >= 4 is 17.7 Å². The van der Waals surface area contributed by atoms with E-state index in [1.54, 1.807) is 20.8 Å². The van der Waals surface area contributed by atoms with Gasteiger partial charge in [-0.3, -0.25) is 9.59 Å². The molecule has 7 nitrogen and oxygen atoms in total. The molecule has 1 aromatic rings. The molecule has 2 heterocycles. The molecule has 4 N–H and O–H groups in total. The lowest BCUT2D eigenvalue weighted by atomic mass is 10.1. The zero-order valence-corrected chi connectivity index (χ0v) is 16.6. The first kappa shape index (κ1) is 21.2. The van der Waals surface area contributed by atoms with Gasteiger partial charge in [0.05, 0.1) is 6.42 Å². The minimum absolute atomic E-state index is 0.0625. The Morgan fingerprint density at radius 3 is 2.85 bits per heavy atom. The average molecular weight is 377 g/mol. The number of carbonyl (C=O) groups is 2. The van der Waals surface area contributed by atoms with Crippen molar-refractivity contribution in [3.63, 3.8) is 0 Å². The zero-order chi connectivity index (χ0) is 19.9. The molecule has 1 aliphatic heterocycles. The van der Waals surface area contributed by atoms with Gasteiger partial charge in [-0.2, -0.15) is 0 Å². The molecule has 0 fully saturated rings. The lowest BCUT2D eigenvalue weighted by Gasteiger charge is -2.22. The molecular weight excluding hydrogens is 344 g/mol. The number of nitrogens with one attached hydrogen (secondary N) is 2. The molecule has 2 rings (SSSR count). The number of rotatable bonds is 8. The van der Waals surface area contributed by atoms with Gasteiger partial charge in [0, 0.05) is 18.8 Å². The summed E-state index contributed by atoms with van der Waals surface area (Å²) in [6, 6.07) is 3.31. The second-order valence-electron chi connectivity index (χ2n) is 7.99. The van der Waals surface area contributed by atoms with Gasteiger partial charge in [-0.1, -0.05) is 6.07 Å². The number of anilines is 1. The molecule has 7 heteroatoms. The third-order valence-electron chi connectivity index (χ3n) is 4.25. The van der Waals surface area contributed by atoms with E-state index in [0.717, 1.165) is 50.2 Å². The maximum atomic E-state index is 11.9. The van der Waals surface area contributed by atoms with Crippen molar-refractivity contribution in [2.24, 2.45) is 5.73 Å². The Labute approximate surface area is 161 Å². The van der Waals surface area contributed by atoms with Crippen LogP contribution in [0, 0.1) is 0 Å². The number of hydrogen-bond donors (Lipinski definition) is 3. The molecule has 0 saturated carbocycles. The molecule has 27 heavy (non-hydrogen) atoms. The highest BCUT2D eigenvalue weighted by molar-refractivity contribution is 5.85. The van der Waals surface area contributed by atoms with Crippen LogP contribution in [0.3, 0.4) is 0 Å². The summed E-state index contributed by atoms with van der Waals surface area (Å²) < 4.78 is 5.18. The Kier molecular flexibility index (Phi) is 7.59. The number of amides is 1. The van der Waals surface area contributed by atoms with Crippen LogP contribution in [0.5, 0.6) is 0 Å². The summed E-state index contributed by atoms with van der Waals surface area (Å²) in [4.78, 5) is 28.4. The molecule has 1 amide bonds. The highest BCUT2D eigenvalue weighted by Gasteiger charge is 2.24. The van der Waals surface area contributed by atoms with Gasteiger partial charge in [-0.05, 0) is 64.5 Å². The van der Waals surface area contributed by atoms with Crippen molar-refractivity contribution in [2.45, 2.75) is 70.9 Å². The number of pyridine rings is 1. The molecule has 0 aliphatic carbocycles. The van der Waals surface area contributed by atoms with Crippen LogP contribution in [0.4, 0.5) is 5.82 Å². The van der Waals surface area contributed by atoms with Crippen molar-refractivity contribution in [1.29, 1.82) is 0 Å². The first-order valence-electron chi connectivity index (χ1n) is 9.72. The van der Waals surface area contributed by atoms with Gasteiger partial charge < -0.3 is 21.1 Å². The number of fused-ring (bicyclic) bond motifs is 1. The first-order chi connectivity index (χ1) is 12.7. The lowest BCUT2D eigenvalue weighted by Crippen LogP contribution is -2.41. The summed E-state index contributed by atoms with van der Waals surface area (Å²) in [6.45, 7) is 6.85. The summed E-state index contributed by atoms with van der Waals surface area (Å²) in [5.74, 6) is 0.234. The first-order valence-corrected chi connectivity index (χ1v) is 9.72. The number of unbranched alkanes of at least 4 members (excludes halogenated alkanes) is 1. The molecule has 150 valence electrons. The number of esters is 1. The minimum atomic E-state index is -0.934. The lowest BCUT2D eigenvalue weighted by molar-refractivity contribution is -0.157. The van der Waals surface area contributed by atoms with Gasteiger partial charge in [0.15, 0.2) is 0 Å². The van der Waals surface area contributed by atoms with Crippen LogP contribution in [-0.4, -0.2) is 41.6 Å². The number of carbonyl (C=O) groups excluding carboxylic acids is 2. The van der Waals surface area contributed by atoms with E-state index in [9.17, 15) is 9.59 Å². The van der Waals surface area contributed by atoms with E-state index in [1.165, 1.54) is 5.56 Å². The minimum Gasteiger partial charge on any atom is -0.459 e. The van der Waals surface area contributed by atoms with Crippen LogP contribution < -0.4 is 16.4 Å². The average Bonchev–Trinajstić information content (AvgIpc) is 2.59. The Balaban J connectivity index is 1.62. The van der Waals surface area contributed by atoms with Crippen molar-refractivity contribution in [2.75, 3.05) is 18.4 Å². The topological polar surface area (TPSA) is 106 Å². The van der Waals surface area contributed by atoms with Crippen LogP contribution in [0.1, 0.15) is 57.7 Å². The number of aryl methyl sites for hydroxylation is 2. The molecule has 1 atom stereocenters. The normalized spacial score (nSPS) is 14.7. The number of hydrogen-bond acceptors (Lipinski definition) is 6. The SMILES string of the molecule is CC(C)(C)OC(=O)[C@@H](N)CC(=O)NCCCCc1ccc2c(n1)NCCC2. The number of ether oxygens (including phenoxy) is 1. The third-order valence-corrected chi connectivity index (χ3v) is 4.25. The monoisotopic (exact) mass is 376 g/mol. The molecule has 0 aromatic carbocycles. The predicted octanol–water partition coefficient (Wildman–Crippen LogP) is 1.94. The summed E-state index contributed by atoms with van der Waals surface area (Å²) in [5, 5.41) is 6.15. The molecule has 1 aromatic heterocycles. The Hall–Kier alpha value is -2.15. The number of aromatic nitrogens is 1. The van der Waals surface area contributed by atoms with Crippen LogP contribution in [0.2, 0.25) is 0 Å². The fraction of sp³-hybridized carbons (Fsp3) is 0.650. The third kappa shape index (κ3) is 7.54. The van der Waals surface area contributed by atoms with Crippen molar-refractivity contribution in [3.8, 4) is 0 Å². The van der Waals surface area contributed by atoms with Crippen LogP contribution in [0.25, 0.3) is 0 Å². The summed E-state index contributed by atoms with van der Waals surface area (Å²) in [6.07, 6.45) is 4.84. The molecule has 0 saturated heterocycles. The molecule has 0 unspecified atom stereocenters. The molecule has 0 radical (unpaired) electrons. The zero-order valence-electron chi connectivity index (χ0n) is 16.6. The largest absolute Gasteiger partial charge is 0.459 e. The smallest absolute Gasteiger partial charge is 0.323 e. The standard InChI is InChI=1S/C20H32N4O3/c1-20(2,3)27-19(26)16(21)13-17(25)22-11-5-4-8-15-10-9-14-7-6-12-23-18(14)24-15/h9-10,16H,4-8,11-13,21H2,1-3H3,(H,22,25)(H,23,24)/t16-/m0/s1. The van der Waals surface area contributed by atoms with E-state index in [-0.39, 0.29) is 12.3 Å². The summed E-state index contributed by atoms with van der Waals surface area (Å²) in [7, 11) is 0. The fourth-order valence-electron chi connectivity index (χ4n) is 2.90. The number of nitrogens with two attached hydrogens (primary N) is 1. The van der Waals surface area contributed by atoms with E-state index in [0.29, 0.717) is 6.54 Å². The predicted molar refractivity (Wildman–Crippen MR) is 105 cm³/mol. The Morgan fingerprint density at radius 1 is 1.33 bits per heavy atom. The molecule has 1 aliphatic rings. The van der Waals surface area contributed by atoms with E-state index in [2.05, 4.69) is 27.8 Å². The van der Waals surface area contributed by atoms with E-state index in [4.69, 9.17) is 10.5 Å². The maximum Gasteiger partial charge on any atom is 0.323 e. The van der Waals surface area contributed by atoms with Gasteiger partial charge >= 0.3 is 5.97 Å². The quantitative estimate of drug-likeness (QED) is 0.473. The van der Waals surface area contributed by atoms with Crippen molar-refractivity contribution < 1.29 is 14.3 Å². The second kappa shape index (κ2) is 9.69. The van der Waals surface area contributed by atoms with Crippen molar-refractivity contribution in [1.82, 2.24) is 10.3 Å². The van der Waals surface area contributed by atoms with Crippen LogP contribution in [0.15, 0.2) is 12.1 Å². The number of nitrogens with zero attached hydrogens (tertiary/aromatic N) is 1. The highest BCUT2D eigenvalue weighted by Crippen LogP contribution is 2.20. The molecule has 0 spiro atoms. The van der Waals surface area contributed by atoms with E-state index >= 15 is 0 Å². The highest BCUT2D eigenvalue weighted by atomic mass is 16.6. The van der Waals surface area contributed by atoms with Crippen molar-refractivity contribution in [3.05, 3.63) is 23.4 Å². The van der Waals surface area contributed by atoms with Gasteiger partial charge in [-0.25, -0.2) is 4.98 Å². The summed E-state index contributed by atoms with van der Waals surface area (Å²) in [5.41, 5.74) is 7.49. The Morgan fingerprint density at radius 2 is 2.11 bits per heavy atom. The van der Waals surface area contributed by atoms with E-state index < -0.39 is 17.6 Å². The van der Waals surface area contributed by atoms with Gasteiger partial charge in [-0.15, -0.1) is 0 Å².